The number of carbonyl (C=O) groups is 1. The third-order valence-corrected chi connectivity index (χ3v) is 2.93. The highest BCUT2D eigenvalue weighted by atomic mass is 16.6. The Labute approximate surface area is 121 Å². The number of amides is 1. The van der Waals surface area contributed by atoms with Gasteiger partial charge in [0.1, 0.15) is 17.2 Å². The number of aryl methyl sites for hydroxylation is 1. The van der Waals surface area contributed by atoms with Gasteiger partial charge in [0.15, 0.2) is 0 Å². The quantitative estimate of drug-likeness (QED) is 0.651. The fourth-order valence-corrected chi connectivity index (χ4v) is 1.88. The molecule has 0 saturated heterocycles. The molecule has 0 atom stereocenters. The molecule has 1 aromatic heterocycles. The third-order valence-electron chi connectivity index (χ3n) is 2.93. The van der Waals surface area contributed by atoms with Gasteiger partial charge in [0, 0.05) is 18.7 Å². The number of benzene rings is 1. The van der Waals surface area contributed by atoms with E-state index in [2.05, 4.69) is 10.6 Å². The van der Waals surface area contributed by atoms with Crippen molar-refractivity contribution in [3.63, 3.8) is 0 Å². The predicted octanol–water partition coefficient (Wildman–Crippen LogP) is 2.47. The summed E-state index contributed by atoms with van der Waals surface area (Å²) in [5, 5.41) is 16.4. The van der Waals surface area contributed by atoms with Gasteiger partial charge >= 0.3 is 0 Å². The first-order valence-electron chi connectivity index (χ1n) is 6.31. The van der Waals surface area contributed by atoms with Crippen molar-refractivity contribution in [2.75, 3.05) is 12.4 Å². The lowest BCUT2D eigenvalue weighted by atomic mass is 10.1. The Hall–Kier alpha value is -2.83. The van der Waals surface area contributed by atoms with E-state index >= 15 is 0 Å². The molecule has 0 aliphatic rings. The van der Waals surface area contributed by atoms with Crippen molar-refractivity contribution >= 4 is 17.3 Å². The standard InChI is InChI=1S/C14H15N3O4/c1-9-3-5-11(21-9)8-16-12-7-10(14(18)15-2)4-6-13(12)17(19)20/h3-7,16H,8H2,1-2H3,(H,15,18). The summed E-state index contributed by atoms with van der Waals surface area (Å²) in [6, 6.07) is 7.77. The minimum atomic E-state index is -0.497. The molecule has 1 aromatic carbocycles. The molecule has 7 heteroatoms. The number of anilines is 1. The Kier molecular flexibility index (Phi) is 4.22. The van der Waals surface area contributed by atoms with E-state index in [1.165, 1.54) is 25.2 Å². The highest BCUT2D eigenvalue weighted by molar-refractivity contribution is 5.95. The van der Waals surface area contributed by atoms with E-state index in [1.54, 1.807) is 6.07 Å². The summed E-state index contributed by atoms with van der Waals surface area (Å²) in [4.78, 5) is 22.1. The fraction of sp³-hybridized carbons (Fsp3) is 0.214. The van der Waals surface area contributed by atoms with Crippen LogP contribution >= 0.6 is 0 Å². The summed E-state index contributed by atoms with van der Waals surface area (Å²) >= 11 is 0. The van der Waals surface area contributed by atoms with Crippen LogP contribution in [0.25, 0.3) is 0 Å². The molecule has 0 aliphatic heterocycles. The maximum absolute atomic E-state index is 11.6. The first kappa shape index (κ1) is 14.6. The molecule has 2 N–H and O–H groups in total. The van der Waals surface area contributed by atoms with Gasteiger partial charge in [-0.3, -0.25) is 14.9 Å². The second-order valence-corrected chi connectivity index (χ2v) is 4.43. The van der Waals surface area contributed by atoms with Crippen LogP contribution in [0.15, 0.2) is 34.7 Å². The van der Waals surface area contributed by atoms with Crippen molar-refractivity contribution < 1.29 is 14.1 Å². The Bertz CT molecular complexity index is 679. The zero-order chi connectivity index (χ0) is 15.4. The Morgan fingerprint density at radius 2 is 2.10 bits per heavy atom. The van der Waals surface area contributed by atoms with Crippen molar-refractivity contribution in [1.29, 1.82) is 0 Å². The number of rotatable bonds is 5. The second kappa shape index (κ2) is 6.08. The largest absolute Gasteiger partial charge is 0.465 e. The maximum Gasteiger partial charge on any atom is 0.292 e. The average Bonchev–Trinajstić information content (AvgIpc) is 2.89. The lowest BCUT2D eigenvalue weighted by molar-refractivity contribution is -0.384. The molecule has 1 amide bonds. The first-order valence-corrected chi connectivity index (χ1v) is 6.31. The zero-order valence-corrected chi connectivity index (χ0v) is 11.7. The van der Waals surface area contributed by atoms with E-state index in [4.69, 9.17) is 4.42 Å². The summed E-state index contributed by atoms with van der Waals surface area (Å²) in [6.45, 7) is 2.12. The molecule has 0 fully saturated rings. The SMILES string of the molecule is CNC(=O)c1ccc([N+](=O)[O-])c(NCc2ccc(C)o2)c1. The Balaban J connectivity index is 2.25. The molecule has 0 bridgehead atoms. The molecule has 1 heterocycles. The van der Waals surface area contributed by atoms with E-state index in [9.17, 15) is 14.9 Å². The highest BCUT2D eigenvalue weighted by Gasteiger charge is 2.16. The molecule has 0 saturated carbocycles. The van der Waals surface area contributed by atoms with Gasteiger partial charge in [0.25, 0.3) is 11.6 Å². The highest BCUT2D eigenvalue weighted by Crippen LogP contribution is 2.26. The molecular formula is C14H15N3O4. The number of furan rings is 1. The van der Waals surface area contributed by atoms with Crippen molar-refractivity contribution in [1.82, 2.24) is 5.32 Å². The molecule has 110 valence electrons. The van der Waals surface area contributed by atoms with Crippen molar-refractivity contribution in [3.05, 3.63) is 57.5 Å². The summed E-state index contributed by atoms with van der Waals surface area (Å²) in [5.74, 6) is 1.12. The number of nitro benzene ring substituents is 1. The molecule has 2 aromatic rings. The lowest BCUT2D eigenvalue weighted by Gasteiger charge is -2.07. The molecule has 21 heavy (non-hydrogen) atoms. The smallest absolute Gasteiger partial charge is 0.292 e. The van der Waals surface area contributed by atoms with E-state index < -0.39 is 4.92 Å². The molecular weight excluding hydrogens is 274 g/mol. The van der Waals surface area contributed by atoms with Gasteiger partial charge in [-0.15, -0.1) is 0 Å². The molecule has 0 unspecified atom stereocenters. The minimum Gasteiger partial charge on any atom is -0.465 e. The van der Waals surface area contributed by atoms with Crippen LogP contribution in [-0.4, -0.2) is 17.9 Å². The summed E-state index contributed by atoms with van der Waals surface area (Å²) in [5.41, 5.74) is 0.530. The van der Waals surface area contributed by atoms with Crippen molar-refractivity contribution in [3.8, 4) is 0 Å². The topological polar surface area (TPSA) is 97.4 Å². The van der Waals surface area contributed by atoms with Crippen molar-refractivity contribution in [2.45, 2.75) is 13.5 Å². The number of carbonyl (C=O) groups excluding carboxylic acids is 1. The van der Waals surface area contributed by atoms with Crippen molar-refractivity contribution in [2.24, 2.45) is 0 Å². The van der Waals surface area contributed by atoms with Gasteiger partial charge in [-0.05, 0) is 31.2 Å². The lowest BCUT2D eigenvalue weighted by Crippen LogP contribution is -2.18. The molecule has 2 rings (SSSR count). The minimum absolute atomic E-state index is 0.0917. The van der Waals surface area contributed by atoms with Crippen LogP contribution in [0.5, 0.6) is 0 Å². The number of nitrogens with zero attached hydrogens (tertiary/aromatic N) is 1. The van der Waals surface area contributed by atoms with Gasteiger partial charge in [0.2, 0.25) is 0 Å². The van der Waals surface area contributed by atoms with Gasteiger partial charge in [-0.25, -0.2) is 0 Å². The van der Waals surface area contributed by atoms with E-state index in [0.29, 0.717) is 17.9 Å². The van der Waals surface area contributed by atoms with Crippen LogP contribution in [0.2, 0.25) is 0 Å². The molecule has 0 radical (unpaired) electrons. The Morgan fingerprint density at radius 1 is 1.33 bits per heavy atom. The van der Waals surface area contributed by atoms with Crippen LogP contribution in [0.3, 0.4) is 0 Å². The van der Waals surface area contributed by atoms with Gasteiger partial charge < -0.3 is 15.1 Å². The first-order chi connectivity index (χ1) is 10.0. The normalized spacial score (nSPS) is 10.2. The van der Waals surface area contributed by atoms with E-state index in [0.717, 1.165) is 5.76 Å². The monoisotopic (exact) mass is 289 g/mol. The zero-order valence-electron chi connectivity index (χ0n) is 11.7. The molecule has 0 spiro atoms. The second-order valence-electron chi connectivity index (χ2n) is 4.43. The van der Waals surface area contributed by atoms with Crippen LogP contribution in [-0.2, 0) is 6.54 Å². The van der Waals surface area contributed by atoms with Crippen LogP contribution in [0.4, 0.5) is 11.4 Å². The van der Waals surface area contributed by atoms with Crippen LogP contribution < -0.4 is 10.6 Å². The van der Waals surface area contributed by atoms with Crippen LogP contribution in [0, 0.1) is 17.0 Å². The number of nitrogens with one attached hydrogen (secondary N) is 2. The number of hydrogen-bond donors (Lipinski definition) is 2. The summed E-state index contributed by atoms with van der Waals surface area (Å²) < 4.78 is 5.39. The fourth-order valence-electron chi connectivity index (χ4n) is 1.88. The number of hydrogen-bond acceptors (Lipinski definition) is 5. The average molecular weight is 289 g/mol. The molecule has 7 nitrogen and oxygen atoms in total. The summed E-state index contributed by atoms with van der Waals surface area (Å²) in [6.07, 6.45) is 0. The predicted molar refractivity (Wildman–Crippen MR) is 77.3 cm³/mol. The van der Waals surface area contributed by atoms with Crippen LogP contribution in [0.1, 0.15) is 21.9 Å². The van der Waals surface area contributed by atoms with Gasteiger partial charge in [-0.1, -0.05) is 0 Å². The summed E-state index contributed by atoms with van der Waals surface area (Å²) in [7, 11) is 1.50. The van der Waals surface area contributed by atoms with Gasteiger partial charge in [0.05, 0.1) is 11.5 Å². The van der Waals surface area contributed by atoms with E-state index in [-0.39, 0.29) is 17.3 Å². The van der Waals surface area contributed by atoms with Gasteiger partial charge in [-0.2, -0.15) is 0 Å². The third kappa shape index (κ3) is 3.38. The Morgan fingerprint density at radius 3 is 2.67 bits per heavy atom. The maximum atomic E-state index is 11.6. The number of nitro groups is 1. The molecule has 0 aliphatic carbocycles. The van der Waals surface area contributed by atoms with E-state index in [1.807, 2.05) is 13.0 Å².